The Kier molecular flexibility index (Phi) is 17.1. The molecule has 0 aliphatic rings. The van der Waals surface area contributed by atoms with Crippen molar-refractivity contribution in [3.63, 3.8) is 0 Å². The molecular weight excluding hydrogens is 376 g/mol. The van der Waals surface area contributed by atoms with Crippen molar-refractivity contribution < 1.29 is 51.1 Å². The second-order valence-electron chi connectivity index (χ2n) is 6.88. The van der Waals surface area contributed by atoms with Crippen molar-refractivity contribution in [3.8, 4) is 0 Å². The summed E-state index contributed by atoms with van der Waals surface area (Å²) >= 11 is 0. The van der Waals surface area contributed by atoms with Gasteiger partial charge in [-0.1, -0.05) is 0 Å². The normalized spacial score (nSPS) is 10.4. The maximum absolute atomic E-state index is 11.2. The Morgan fingerprint density at radius 2 is 1.00 bits per heavy atom. The van der Waals surface area contributed by atoms with E-state index in [4.69, 9.17) is 30.0 Å². The first-order valence-corrected chi connectivity index (χ1v) is 8.52. The number of aliphatic hydroxyl groups is 2. The highest BCUT2D eigenvalue weighted by atomic mass is 16.4. The molecule has 10 N–H and O–H groups in total. The molecule has 0 aromatic rings. The van der Waals surface area contributed by atoms with E-state index in [1.54, 1.807) is 27.7 Å². The lowest BCUT2D eigenvalue weighted by Crippen LogP contribution is -2.56. The predicted octanol–water partition coefficient (Wildman–Crippen LogP) is -6.79. The number of aliphatic hydroxyl groups excluding tert-OH is 2. The number of carbonyl (C=O) groups is 4. The third kappa shape index (κ3) is 15.9. The van der Waals surface area contributed by atoms with Gasteiger partial charge in [0.25, 0.3) is 0 Å². The van der Waals surface area contributed by atoms with Crippen LogP contribution in [0, 0.1) is 10.8 Å². The average molecular weight is 410 g/mol. The molecule has 2 amide bonds. The molecule has 12 nitrogen and oxygen atoms in total. The van der Waals surface area contributed by atoms with Crippen molar-refractivity contribution in [3.05, 3.63) is 0 Å². The minimum Gasteiger partial charge on any atom is -0.543 e. The van der Waals surface area contributed by atoms with E-state index in [0.29, 0.717) is 26.2 Å². The van der Waals surface area contributed by atoms with Gasteiger partial charge in [0.2, 0.25) is 11.8 Å². The van der Waals surface area contributed by atoms with Crippen LogP contribution in [0.25, 0.3) is 0 Å². The Morgan fingerprint density at radius 3 is 1.14 bits per heavy atom. The first-order chi connectivity index (χ1) is 12.7. The molecule has 0 aromatic carbocycles. The summed E-state index contributed by atoms with van der Waals surface area (Å²) in [6, 6.07) is 0. The molecule has 0 saturated heterocycles. The molecule has 0 aliphatic heterocycles. The number of amides is 2. The van der Waals surface area contributed by atoms with Gasteiger partial charge in [-0.05, 0) is 27.7 Å². The molecule has 0 fully saturated rings. The Morgan fingerprint density at radius 1 is 0.750 bits per heavy atom. The van der Waals surface area contributed by atoms with Crippen LogP contribution in [-0.2, 0) is 19.2 Å². The molecule has 0 saturated carbocycles. The second-order valence-corrected chi connectivity index (χ2v) is 6.88. The predicted molar refractivity (Wildman–Crippen MR) is 93.3 cm³/mol. The van der Waals surface area contributed by atoms with E-state index in [-0.39, 0.29) is 25.0 Å². The number of quaternary nitrogens is 2. The molecule has 0 aliphatic carbocycles. The quantitative estimate of drug-likeness (QED) is 0.210. The molecule has 12 heteroatoms. The zero-order valence-corrected chi connectivity index (χ0v) is 17.0. The first-order valence-electron chi connectivity index (χ1n) is 8.52. The fraction of sp³-hybridized carbons (Fsp3) is 0.750. The number of carboxylic acid groups (broad SMARTS) is 2. The van der Waals surface area contributed by atoms with Crippen molar-refractivity contribution >= 4 is 23.8 Å². The Bertz CT molecular complexity index is 451. The van der Waals surface area contributed by atoms with Crippen LogP contribution in [0.5, 0.6) is 0 Å². The summed E-state index contributed by atoms with van der Waals surface area (Å²) in [7, 11) is 0. The fourth-order valence-corrected chi connectivity index (χ4v) is 1.03. The number of hydrogen-bond donors (Lipinski definition) is 6. The van der Waals surface area contributed by atoms with Gasteiger partial charge in [0.1, 0.15) is 0 Å². The van der Waals surface area contributed by atoms with Crippen molar-refractivity contribution in [2.24, 2.45) is 10.8 Å². The van der Waals surface area contributed by atoms with E-state index >= 15 is 0 Å². The van der Waals surface area contributed by atoms with Crippen LogP contribution in [0.4, 0.5) is 0 Å². The van der Waals surface area contributed by atoms with Gasteiger partial charge in [0.05, 0.1) is 62.2 Å². The number of carbonyl (C=O) groups excluding carboxylic acids is 4. The molecule has 0 radical (unpaired) electrons. The lowest BCUT2D eigenvalue weighted by Gasteiger charge is -2.19. The lowest BCUT2D eigenvalue weighted by atomic mass is 9.94. The zero-order valence-electron chi connectivity index (χ0n) is 17.0. The molecule has 0 spiro atoms. The molecule has 0 aromatic heterocycles. The van der Waals surface area contributed by atoms with Crippen molar-refractivity contribution in [2.45, 2.75) is 27.7 Å². The molecule has 166 valence electrons. The van der Waals surface area contributed by atoms with E-state index in [1.807, 2.05) is 0 Å². The molecule has 28 heavy (non-hydrogen) atoms. The molecule has 0 heterocycles. The van der Waals surface area contributed by atoms with Crippen molar-refractivity contribution in [2.75, 3.05) is 39.4 Å². The minimum atomic E-state index is -2.19. The van der Waals surface area contributed by atoms with Crippen LogP contribution in [0.2, 0.25) is 0 Å². The summed E-state index contributed by atoms with van der Waals surface area (Å²) in [6.45, 7) is 9.03. The number of carboxylic acids is 2. The van der Waals surface area contributed by atoms with Crippen molar-refractivity contribution in [1.82, 2.24) is 10.6 Å². The maximum Gasteiger partial charge on any atom is 0.228 e. The third-order valence-corrected chi connectivity index (χ3v) is 3.11. The summed E-state index contributed by atoms with van der Waals surface area (Å²) in [4.78, 5) is 40.2. The van der Waals surface area contributed by atoms with Crippen LogP contribution in [0.15, 0.2) is 0 Å². The van der Waals surface area contributed by atoms with Crippen LogP contribution in [-0.4, -0.2) is 73.4 Å². The maximum atomic E-state index is 11.2. The highest BCUT2D eigenvalue weighted by molar-refractivity contribution is 6.25. The Balaban J connectivity index is -0.000000351. The molecule has 0 bridgehead atoms. The van der Waals surface area contributed by atoms with Gasteiger partial charge in [-0.25, -0.2) is 0 Å². The van der Waals surface area contributed by atoms with Gasteiger partial charge < -0.3 is 52.1 Å². The number of nitrogens with one attached hydrogen (secondary N) is 2. The van der Waals surface area contributed by atoms with Gasteiger partial charge in [-0.15, -0.1) is 0 Å². The van der Waals surface area contributed by atoms with E-state index in [1.165, 1.54) is 0 Å². The highest BCUT2D eigenvalue weighted by Crippen LogP contribution is 2.13. The topological polar surface area (TPSA) is 234 Å². The monoisotopic (exact) mass is 410 g/mol. The summed E-state index contributed by atoms with van der Waals surface area (Å²) < 4.78 is 0. The summed E-state index contributed by atoms with van der Waals surface area (Å²) in [6.07, 6.45) is 0. The standard InChI is InChI=1S/2C7H16N2O2.C2H2O4/c2*1-7(2,5-10)6(11)9-4-3-8;3-1(4)2(5)6/h2*10H,3-5,8H2,1-2H3,(H,9,11);(H,3,4)(H,5,6). The molecular formula is C16H34N4O8. The van der Waals surface area contributed by atoms with Crippen molar-refractivity contribution in [1.29, 1.82) is 0 Å². The van der Waals surface area contributed by atoms with Gasteiger partial charge in [-0.2, -0.15) is 0 Å². The summed E-state index contributed by atoms with van der Waals surface area (Å²) in [5.74, 6) is -4.61. The number of aliphatic carboxylic acids is 2. The molecule has 0 atom stereocenters. The van der Waals surface area contributed by atoms with Gasteiger partial charge in [0.15, 0.2) is 0 Å². The van der Waals surface area contributed by atoms with Gasteiger partial charge >= 0.3 is 0 Å². The number of rotatable bonds is 8. The lowest BCUT2D eigenvalue weighted by molar-refractivity contribution is -0.365. The zero-order chi connectivity index (χ0) is 23.0. The SMILES string of the molecule is CC(C)(CO)C(=O)NCC[NH3+].CC(C)(CO)C(=O)NCC[NH3+].O=C([O-])C(=O)[O-]. The summed E-state index contributed by atoms with van der Waals surface area (Å²) in [5, 5.41) is 40.8. The average Bonchev–Trinajstić information content (AvgIpc) is 2.64. The van der Waals surface area contributed by atoms with Crippen LogP contribution < -0.4 is 32.3 Å². The van der Waals surface area contributed by atoms with Gasteiger partial charge in [-0.3, -0.25) is 9.59 Å². The first kappa shape index (κ1) is 30.4. The summed E-state index contributed by atoms with van der Waals surface area (Å²) in [5.41, 5.74) is 5.83. The van der Waals surface area contributed by atoms with E-state index in [2.05, 4.69) is 22.1 Å². The van der Waals surface area contributed by atoms with Gasteiger partial charge in [0, 0.05) is 0 Å². The molecule has 0 unspecified atom stereocenters. The third-order valence-electron chi connectivity index (χ3n) is 3.11. The Hall–Kier alpha value is -2.28. The van der Waals surface area contributed by atoms with E-state index in [0.717, 1.165) is 0 Å². The minimum absolute atomic E-state index is 0.122. The number of hydrogen-bond acceptors (Lipinski definition) is 8. The highest BCUT2D eigenvalue weighted by Gasteiger charge is 2.26. The fourth-order valence-electron chi connectivity index (χ4n) is 1.03. The van der Waals surface area contributed by atoms with Crippen LogP contribution in [0.3, 0.4) is 0 Å². The smallest absolute Gasteiger partial charge is 0.228 e. The van der Waals surface area contributed by atoms with E-state index in [9.17, 15) is 9.59 Å². The Labute approximate surface area is 164 Å². The van der Waals surface area contributed by atoms with Crippen LogP contribution in [0.1, 0.15) is 27.7 Å². The van der Waals surface area contributed by atoms with Crippen LogP contribution >= 0.6 is 0 Å². The molecule has 0 rings (SSSR count). The van der Waals surface area contributed by atoms with E-state index < -0.39 is 22.8 Å². The largest absolute Gasteiger partial charge is 0.543 e. The second kappa shape index (κ2) is 15.7.